The standard InChI is InChI=1S/C22H23FN4O3/c1-14-3-5-16(21(28)25-30-2)10-20(14)27-13-24-19-6-4-15(9-18(19)22(27)29)11-26-8-7-17(23)12-26/h3-6,9-10,13,17H,7-8,11-12H2,1-2H3,(H,25,28)/t17-/m0/s1. The van der Waals surface area contributed by atoms with Gasteiger partial charge in [0.1, 0.15) is 12.5 Å². The van der Waals surface area contributed by atoms with Crippen LogP contribution in [0.3, 0.4) is 0 Å². The Morgan fingerprint density at radius 1 is 1.30 bits per heavy atom. The SMILES string of the molecule is CONC(=O)c1ccc(C)c(-n2cnc3ccc(CN4CC[C@H](F)C4)cc3c2=O)c1. The third-order valence-corrected chi connectivity index (χ3v) is 5.37. The molecule has 1 fully saturated rings. The summed E-state index contributed by atoms with van der Waals surface area (Å²) in [4.78, 5) is 36.5. The molecule has 0 aliphatic carbocycles. The van der Waals surface area contributed by atoms with Crippen molar-refractivity contribution in [3.63, 3.8) is 0 Å². The topological polar surface area (TPSA) is 76.5 Å². The quantitative estimate of drug-likeness (QED) is 0.654. The van der Waals surface area contributed by atoms with Crippen LogP contribution < -0.4 is 11.0 Å². The molecule has 7 nitrogen and oxygen atoms in total. The molecule has 1 atom stereocenters. The van der Waals surface area contributed by atoms with E-state index in [0.29, 0.717) is 48.2 Å². The monoisotopic (exact) mass is 410 g/mol. The molecule has 1 aromatic heterocycles. The van der Waals surface area contributed by atoms with Crippen LogP contribution in [0.15, 0.2) is 47.5 Å². The summed E-state index contributed by atoms with van der Waals surface area (Å²) in [6, 6.07) is 10.6. The van der Waals surface area contributed by atoms with Crippen molar-refractivity contribution in [2.24, 2.45) is 0 Å². The molecule has 0 saturated carbocycles. The van der Waals surface area contributed by atoms with Crippen molar-refractivity contribution < 1.29 is 14.0 Å². The van der Waals surface area contributed by atoms with Crippen LogP contribution >= 0.6 is 0 Å². The molecule has 1 aliphatic heterocycles. The summed E-state index contributed by atoms with van der Waals surface area (Å²) < 4.78 is 14.9. The van der Waals surface area contributed by atoms with Crippen molar-refractivity contribution in [3.8, 4) is 5.69 Å². The first-order valence-electron chi connectivity index (χ1n) is 9.77. The molecule has 1 aliphatic rings. The molecule has 30 heavy (non-hydrogen) atoms. The molecular weight excluding hydrogens is 387 g/mol. The molecule has 1 saturated heterocycles. The zero-order chi connectivity index (χ0) is 21.3. The first-order valence-corrected chi connectivity index (χ1v) is 9.77. The molecule has 3 aromatic rings. The molecule has 0 bridgehead atoms. The number of aromatic nitrogens is 2. The highest BCUT2D eigenvalue weighted by atomic mass is 19.1. The van der Waals surface area contributed by atoms with Gasteiger partial charge in [-0.15, -0.1) is 0 Å². The van der Waals surface area contributed by atoms with Crippen molar-refractivity contribution in [1.82, 2.24) is 19.9 Å². The third kappa shape index (κ3) is 3.96. The molecule has 2 aromatic carbocycles. The van der Waals surface area contributed by atoms with Gasteiger partial charge in [0.15, 0.2) is 0 Å². The Labute approximate surface area is 173 Å². The number of hydroxylamine groups is 1. The van der Waals surface area contributed by atoms with E-state index in [0.717, 1.165) is 11.1 Å². The Morgan fingerprint density at radius 3 is 2.87 bits per heavy atom. The molecule has 0 radical (unpaired) electrons. The van der Waals surface area contributed by atoms with E-state index in [1.54, 1.807) is 18.2 Å². The van der Waals surface area contributed by atoms with Crippen LogP contribution in [0.4, 0.5) is 4.39 Å². The summed E-state index contributed by atoms with van der Waals surface area (Å²) in [6.07, 6.45) is 1.24. The van der Waals surface area contributed by atoms with Crippen LogP contribution in [0.5, 0.6) is 0 Å². The van der Waals surface area contributed by atoms with E-state index in [9.17, 15) is 14.0 Å². The van der Waals surface area contributed by atoms with E-state index >= 15 is 0 Å². The zero-order valence-corrected chi connectivity index (χ0v) is 16.9. The largest absolute Gasteiger partial charge is 0.296 e. The van der Waals surface area contributed by atoms with Crippen molar-refractivity contribution in [1.29, 1.82) is 0 Å². The lowest BCUT2D eigenvalue weighted by Crippen LogP contribution is -2.24. The van der Waals surface area contributed by atoms with Crippen LogP contribution in [0.2, 0.25) is 0 Å². The van der Waals surface area contributed by atoms with Crippen molar-refractivity contribution in [2.75, 3.05) is 20.2 Å². The maximum atomic E-state index is 13.5. The van der Waals surface area contributed by atoms with E-state index in [2.05, 4.69) is 15.3 Å². The van der Waals surface area contributed by atoms with E-state index in [1.807, 2.05) is 30.0 Å². The van der Waals surface area contributed by atoms with Gasteiger partial charge in [0.25, 0.3) is 11.5 Å². The average molecular weight is 410 g/mol. The number of benzene rings is 2. The van der Waals surface area contributed by atoms with Crippen molar-refractivity contribution >= 4 is 16.8 Å². The van der Waals surface area contributed by atoms with Gasteiger partial charge in [-0.25, -0.2) is 14.9 Å². The molecular formula is C22H23FN4O3. The molecule has 0 spiro atoms. The predicted molar refractivity (Wildman–Crippen MR) is 111 cm³/mol. The molecule has 2 heterocycles. The zero-order valence-electron chi connectivity index (χ0n) is 16.9. The first-order chi connectivity index (χ1) is 14.5. The lowest BCUT2D eigenvalue weighted by atomic mass is 10.1. The van der Waals surface area contributed by atoms with Crippen LogP contribution in [0, 0.1) is 6.92 Å². The smallest absolute Gasteiger partial charge is 0.274 e. The first kappa shape index (κ1) is 20.2. The Bertz CT molecular complexity index is 1160. The Balaban J connectivity index is 1.73. The summed E-state index contributed by atoms with van der Waals surface area (Å²) in [5, 5.41) is 0.483. The van der Waals surface area contributed by atoms with E-state index in [-0.39, 0.29) is 5.56 Å². The number of nitrogens with zero attached hydrogens (tertiary/aromatic N) is 3. The number of halogens is 1. The normalized spacial score (nSPS) is 16.8. The number of likely N-dealkylation sites (tertiary alicyclic amines) is 1. The van der Waals surface area contributed by atoms with Gasteiger partial charge < -0.3 is 0 Å². The lowest BCUT2D eigenvalue weighted by molar-refractivity contribution is 0.0537. The van der Waals surface area contributed by atoms with Crippen LogP contribution in [-0.2, 0) is 11.4 Å². The minimum atomic E-state index is -0.782. The molecule has 1 amide bonds. The predicted octanol–water partition coefficient (Wildman–Crippen LogP) is 2.53. The number of rotatable bonds is 5. The molecule has 1 N–H and O–H groups in total. The summed E-state index contributed by atoms with van der Waals surface area (Å²) in [5.74, 6) is -0.403. The molecule has 0 unspecified atom stereocenters. The number of hydrogen-bond acceptors (Lipinski definition) is 5. The van der Waals surface area contributed by atoms with Crippen LogP contribution in [-0.4, -0.2) is 46.7 Å². The Kier molecular flexibility index (Phi) is 5.61. The van der Waals surface area contributed by atoms with Gasteiger partial charge in [0, 0.05) is 25.2 Å². The summed E-state index contributed by atoms with van der Waals surface area (Å²) in [5.41, 5.74) is 5.36. The maximum Gasteiger partial charge on any atom is 0.274 e. The lowest BCUT2D eigenvalue weighted by Gasteiger charge is -2.15. The number of nitrogens with one attached hydrogen (secondary N) is 1. The van der Waals surface area contributed by atoms with Gasteiger partial charge in [0.05, 0.1) is 23.7 Å². The molecule has 156 valence electrons. The fourth-order valence-corrected chi connectivity index (χ4v) is 3.79. The van der Waals surface area contributed by atoms with Crippen molar-refractivity contribution in [3.05, 3.63) is 69.8 Å². The van der Waals surface area contributed by atoms with Gasteiger partial charge in [-0.1, -0.05) is 12.1 Å². The number of carbonyl (C=O) groups excluding carboxylic acids is 1. The maximum absolute atomic E-state index is 13.5. The Morgan fingerprint density at radius 2 is 2.13 bits per heavy atom. The number of alkyl halides is 1. The van der Waals surface area contributed by atoms with E-state index in [1.165, 1.54) is 18.0 Å². The third-order valence-electron chi connectivity index (χ3n) is 5.37. The molecule has 8 heteroatoms. The number of aryl methyl sites for hydroxylation is 1. The van der Waals surface area contributed by atoms with E-state index in [4.69, 9.17) is 0 Å². The number of fused-ring (bicyclic) bond motifs is 1. The summed E-state index contributed by atoms with van der Waals surface area (Å²) in [6.45, 7) is 3.59. The average Bonchev–Trinajstić information content (AvgIpc) is 3.14. The second-order valence-corrected chi connectivity index (χ2v) is 7.53. The summed E-state index contributed by atoms with van der Waals surface area (Å²) >= 11 is 0. The number of carbonyl (C=O) groups is 1. The van der Waals surface area contributed by atoms with Gasteiger partial charge in [-0.05, 0) is 48.7 Å². The highest BCUT2D eigenvalue weighted by Crippen LogP contribution is 2.19. The van der Waals surface area contributed by atoms with Gasteiger partial charge in [-0.2, -0.15) is 0 Å². The second-order valence-electron chi connectivity index (χ2n) is 7.53. The highest BCUT2D eigenvalue weighted by molar-refractivity contribution is 5.94. The number of hydrogen-bond donors (Lipinski definition) is 1. The van der Waals surface area contributed by atoms with E-state index < -0.39 is 12.1 Å². The Hall–Kier alpha value is -3.10. The minimum Gasteiger partial charge on any atom is -0.296 e. The fraction of sp³-hybridized carbons (Fsp3) is 0.318. The minimum absolute atomic E-state index is 0.223. The van der Waals surface area contributed by atoms with Crippen LogP contribution in [0.25, 0.3) is 16.6 Å². The summed E-state index contributed by atoms with van der Waals surface area (Å²) in [7, 11) is 1.36. The van der Waals surface area contributed by atoms with Gasteiger partial charge >= 0.3 is 0 Å². The van der Waals surface area contributed by atoms with Crippen molar-refractivity contribution in [2.45, 2.75) is 26.1 Å². The van der Waals surface area contributed by atoms with Gasteiger partial charge in [-0.3, -0.25) is 23.9 Å². The molecule has 4 rings (SSSR count). The number of amides is 1. The highest BCUT2D eigenvalue weighted by Gasteiger charge is 2.21. The fourth-order valence-electron chi connectivity index (χ4n) is 3.79. The van der Waals surface area contributed by atoms with Crippen LogP contribution in [0.1, 0.15) is 27.9 Å². The second kappa shape index (κ2) is 8.33. The van der Waals surface area contributed by atoms with Gasteiger partial charge in [0.2, 0.25) is 0 Å².